The zero-order valence-corrected chi connectivity index (χ0v) is 19.2. The van der Waals surface area contributed by atoms with Gasteiger partial charge in [-0.1, -0.05) is 18.2 Å². The van der Waals surface area contributed by atoms with Crippen LogP contribution >= 0.6 is 0 Å². The predicted octanol–water partition coefficient (Wildman–Crippen LogP) is 4.52. The molecule has 1 amide bonds. The molecule has 0 bridgehead atoms. The molecule has 1 saturated heterocycles. The lowest BCUT2D eigenvalue weighted by Gasteiger charge is -2.52. The van der Waals surface area contributed by atoms with Gasteiger partial charge in [-0.2, -0.15) is 0 Å². The highest BCUT2D eigenvalue weighted by atomic mass is 19.1. The summed E-state index contributed by atoms with van der Waals surface area (Å²) in [5, 5.41) is 19.4. The van der Waals surface area contributed by atoms with Gasteiger partial charge in [-0.05, 0) is 72.9 Å². The van der Waals surface area contributed by atoms with Crippen molar-refractivity contribution in [1.82, 2.24) is 10.2 Å². The molecule has 3 aromatic rings. The molecule has 1 spiro atoms. The van der Waals surface area contributed by atoms with Crippen LogP contribution < -0.4 is 10.2 Å². The van der Waals surface area contributed by atoms with E-state index in [0.717, 1.165) is 44.5 Å². The fourth-order valence-electron chi connectivity index (χ4n) is 5.37. The Bertz CT molecular complexity index is 1210. The molecule has 9 heteroatoms. The number of carbonyl (C=O) groups is 2. The molecule has 2 aromatic carbocycles. The number of hydrogen-bond donors (Lipinski definition) is 2. The highest BCUT2D eigenvalue weighted by molar-refractivity contribution is 6.00. The number of carbonyl (C=O) groups excluding carboxylic acids is 1. The van der Waals surface area contributed by atoms with E-state index in [0.29, 0.717) is 22.6 Å². The van der Waals surface area contributed by atoms with Crippen molar-refractivity contribution >= 4 is 23.3 Å². The van der Waals surface area contributed by atoms with Gasteiger partial charge in [0.1, 0.15) is 5.82 Å². The second-order valence-corrected chi connectivity index (χ2v) is 9.63. The molecule has 0 atom stereocenters. The first-order chi connectivity index (χ1) is 16.9. The zero-order valence-electron chi connectivity index (χ0n) is 19.2. The third-order valence-corrected chi connectivity index (χ3v) is 7.18. The molecule has 0 unspecified atom stereocenters. The normalized spacial score (nSPS) is 17.2. The Hall–Kier alpha value is -3.75. The fourth-order valence-corrected chi connectivity index (χ4v) is 5.37. The third kappa shape index (κ3) is 5.18. The van der Waals surface area contributed by atoms with Gasteiger partial charge in [-0.3, -0.25) is 9.59 Å². The van der Waals surface area contributed by atoms with E-state index in [4.69, 9.17) is 9.52 Å². The number of nitrogens with zero attached hydrogens (tertiary/aromatic N) is 3. The van der Waals surface area contributed by atoms with Gasteiger partial charge >= 0.3 is 17.8 Å². The van der Waals surface area contributed by atoms with Gasteiger partial charge in [-0.15, -0.1) is 10.2 Å². The average Bonchev–Trinajstić information content (AvgIpc) is 3.29. The quantitative estimate of drug-likeness (QED) is 0.514. The first-order valence-electron chi connectivity index (χ1n) is 11.8. The topological polar surface area (TPSA) is 109 Å². The third-order valence-electron chi connectivity index (χ3n) is 7.18. The first kappa shape index (κ1) is 23.0. The number of rotatable bonds is 7. The minimum absolute atomic E-state index is 0.110. The summed E-state index contributed by atoms with van der Waals surface area (Å²) in [4.78, 5) is 25.7. The van der Waals surface area contributed by atoms with E-state index >= 15 is 0 Å². The molecule has 35 heavy (non-hydrogen) atoms. The molecular weight excluding hydrogens is 451 g/mol. The summed E-state index contributed by atoms with van der Waals surface area (Å²) in [6, 6.07) is 13.9. The maximum Gasteiger partial charge on any atom is 0.313 e. The number of benzene rings is 2. The number of nitrogens with one attached hydrogen (secondary N) is 1. The minimum Gasteiger partial charge on any atom is -0.481 e. The van der Waals surface area contributed by atoms with Gasteiger partial charge in [-0.25, -0.2) is 4.39 Å². The van der Waals surface area contributed by atoms with Crippen molar-refractivity contribution in [1.29, 1.82) is 0 Å². The molecule has 182 valence electrons. The summed E-state index contributed by atoms with van der Waals surface area (Å²) < 4.78 is 19.2. The van der Waals surface area contributed by atoms with Gasteiger partial charge in [0, 0.05) is 30.9 Å². The second kappa shape index (κ2) is 9.48. The number of amides is 1. The number of piperidine rings is 1. The number of carboxylic acid groups (broad SMARTS) is 1. The van der Waals surface area contributed by atoms with Crippen molar-refractivity contribution in [3.63, 3.8) is 0 Å². The maximum atomic E-state index is 13.8. The molecule has 2 fully saturated rings. The highest BCUT2D eigenvalue weighted by Crippen LogP contribution is 2.53. The van der Waals surface area contributed by atoms with Crippen LogP contribution in [0.3, 0.4) is 0 Å². The Morgan fingerprint density at radius 1 is 1.09 bits per heavy atom. The van der Waals surface area contributed by atoms with Crippen LogP contribution in [0, 0.1) is 17.2 Å². The van der Waals surface area contributed by atoms with E-state index in [9.17, 15) is 14.0 Å². The van der Waals surface area contributed by atoms with Gasteiger partial charge < -0.3 is 19.7 Å². The molecule has 1 saturated carbocycles. The largest absolute Gasteiger partial charge is 0.481 e. The highest BCUT2D eigenvalue weighted by Gasteiger charge is 2.46. The van der Waals surface area contributed by atoms with Crippen molar-refractivity contribution in [2.45, 2.75) is 38.5 Å². The summed E-state index contributed by atoms with van der Waals surface area (Å²) in [7, 11) is 0. The average molecular weight is 479 g/mol. The lowest BCUT2D eigenvalue weighted by atomic mass is 9.57. The van der Waals surface area contributed by atoms with Gasteiger partial charge in [0.25, 0.3) is 0 Å². The summed E-state index contributed by atoms with van der Waals surface area (Å²) in [5.41, 5.74) is 2.43. The lowest BCUT2D eigenvalue weighted by molar-refractivity contribution is -0.140. The Labute approximate surface area is 202 Å². The molecule has 0 radical (unpaired) electrons. The standard InChI is InChI=1S/C26H27FN4O4/c27-21-4-2-1-3-18(21)14-22-29-30-25(35-22)24(34)28-19-5-7-20(8-6-19)31-11-9-26(10-12-31)15-17(16-26)13-23(32)33/h1-8,17H,9-16H2,(H,28,34)(H,32,33). The van der Waals surface area contributed by atoms with Crippen molar-refractivity contribution in [3.8, 4) is 0 Å². The maximum absolute atomic E-state index is 13.8. The van der Waals surface area contributed by atoms with Crippen molar-refractivity contribution < 1.29 is 23.5 Å². The predicted molar refractivity (Wildman–Crippen MR) is 127 cm³/mol. The zero-order chi connectivity index (χ0) is 24.4. The number of anilines is 2. The van der Waals surface area contributed by atoms with E-state index in [1.807, 2.05) is 24.3 Å². The number of aliphatic carboxylic acids is 1. The van der Waals surface area contributed by atoms with E-state index in [2.05, 4.69) is 20.4 Å². The molecule has 2 heterocycles. The van der Waals surface area contributed by atoms with Crippen LogP contribution in [0.2, 0.25) is 0 Å². The number of aromatic nitrogens is 2. The Kier molecular flexibility index (Phi) is 6.23. The van der Waals surface area contributed by atoms with Gasteiger partial charge in [0.2, 0.25) is 5.89 Å². The Balaban J connectivity index is 1.13. The molecule has 2 N–H and O–H groups in total. The van der Waals surface area contributed by atoms with Crippen LogP contribution in [0.5, 0.6) is 0 Å². The SMILES string of the molecule is O=C(O)CC1CC2(CCN(c3ccc(NC(=O)c4nnc(Cc5ccccc5F)o4)cc3)CC2)C1. The van der Waals surface area contributed by atoms with E-state index in [-0.39, 0.29) is 30.4 Å². The van der Waals surface area contributed by atoms with E-state index in [1.54, 1.807) is 18.2 Å². The van der Waals surface area contributed by atoms with Gasteiger partial charge in [0.15, 0.2) is 0 Å². The van der Waals surface area contributed by atoms with Crippen LogP contribution in [-0.4, -0.2) is 40.3 Å². The van der Waals surface area contributed by atoms with Crippen molar-refractivity contribution in [3.05, 3.63) is 71.7 Å². The number of halogens is 1. The Morgan fingerprint density at radius 2 is 1.80 bits per heavy atom. The number of hydrogen-bond acceptors (Lipinski definition) is 6. The van der Waals surface area contributed by atoms with Crippen LogP contribution in [0.4, 0.5) is 15.8 Å². The second-order valence-electron chi connectivity index (χ2n) is 9.63. The molecule has 5 rings (SSSR count). The smallest absolute Gasteiger partial charge is 0.313 e. The summed E-state index contributed by atoms with van der Waals surface area (Å²) in [6.07, 6.45) is 4.60. The molecule has 2 aliphatic rings. The summed E-state index contributed by atoms with van der Waals surface area (Å²) in [6.45, 7) is 1.89. The van der Waals surface area contributed by atoms with Crippen LogP contribution in [0.1, 0.15) is 54.2 Å². The number of carboxylic acids is 1. The first-order valence-corrected chi connectivity index (χ1v) is 11.8. The molecule has 1 aliphatic carbocycles. The van der Waals surface area contributed by atoms with Crippen LogP contribution in [0.25, 0.3) is 0 Å². The van der Waals surface area contributed by atoms with E-state index < -0.39 is 11.9 Å². The lowest BCUT2D eigenvalue weighted by Crippen LogP contribution is -2.47. The molecular formula is C26H27FN4O4. The van der Waals surface area contributed by atoms with Crippen LogP contribution in [-0.2, 0) is 11.2 Å². The van der Waals surface area contributed by atoms with Crippen molar-refractivity contribution in [2.75, 3.05) is 23.3 Å². The molecule has 1 aliphatic heterocycles. The molecule has 1 aromatic heterocycles. The monoisotopic (exact) mass is 478 g/mol. The molecule has 8 nitrogen and oxygen atoms in total. The van der Waals surface area contributed by atoms with Crippen molar-refractivity contribution in [2.24, 2.45) is 11.3 Å². The summed E-state index contributed by atoms with van der Waals surface area (Å²) >= 11 is 0. The van der Waals surface area contributed by atoms with Crippen LogP contribution in [0.15, 0.2) is 52.9 Å². The minimum atomic E-state index is -0.698. The Morgan fingerprint density at radius 3 is 2.49 bits per heavy atom. The van der Waals surface area contributed by atoms with Gasteiger partial charge in [0.05, 0.1) is 6.42 Å². The van der Waals surface area contributed by atoms with E-state index in [1.165, 1.54) is 6.07 Å². The fraction of sp³-hybridized carbons (Fsp3) is 0.385. The summed E-state index contributed by atoms with van der Waals surface area (Å²) in [5.74, 6) is -1.27.